The SMILES string of the molecule is CCOCCCC(N)c1ncc(OC)nc1OC. The molecule has 1 rings (SSSR count). The van der Waals surface area contributed by atoms with Gasteiger partial charge in [0.15, 0.2) is 0 Å². The molecule has 1 heterocycles. The highest BCUT2D eigenvalue weighted by atomic mass is 16.5. The third-order valence-electron chi connectivity index (χ3n) is 2.51. The summed E-state index contributed by atoms with van der Waals surface area (Å²) in [6.45, 7) is 3.40. The second-order valence-electron chi connectivity index (χ2n) is 3.75. The van der Waals surface area contributed by atoms with Gasteiger partial charge < -0.3 is 19.9 Å². The van der Waals surface area contributed by atoms with Crippen molar-refractivity contribution in [1.82, 2.24) is 9.97 Å². The molecule has 0 saturated carbocycles. The molecular formula is C12H21N3O3. The van der Waals surface area contributed by atoms with E-state index in [4.69, 9.17) is 19.9 Å². The number of nitrogens with two attached hydrogens (primary N) is 1. The summed E-state index contributed by atoms with van der Waals surface area (Å²) >= 11 is 0. The molecule has 0 saturated heterocycles. The third kappa shape index (κ3) is 4.12. The molecule has 0 aliphatic carbocycles. The zero-order chi connectivity index (χ0) is 13.4. The molecule has 0 aliphatic heterocycles. The number of hydrogen-bond donors (Lipinski definition) is 1. The summed E-state index contributed by atoms with van der Waals surface area (Å²) in [6, 6.07) is -0.209. The van der Waals surface area contributed by atoms with Gasteiger partial charge in [-0.25, -0.2) is 4.98 Å². The van der Waals surface area contributed by atoms with Gasteiger partial charge in [0.2, 0.25) is 11.8 Å². The number of ether oxygens (including phenoxy) is 3. The van der Waals surface area contributed by atoms with Crippen LogP contribution < -0.4 is 15.2 Å². The Bertz CT molecular complexity index is 360. The van der Waals surface area contributed by atoms with E-state index in [1.165, 1.54) is 7.11 Å². The second kappa shape index (κ2) is 7.84. The van der Waals surface area contributed by atoms with Gasteiger partial charge in [-0.1, -0.05) is 0 Å². The Kier molecular flexibility index (Phi) is 6.38. The van der Waals surface area contributed by atoms with Crippen molar-refractivity contribution in [2.24, 2.45) is 5.73 Å². The molecular weight excluding hydrogens is 234 g/mol. The van der Waals surface area contributed by atoms with Gasteiger partial charge in [0.1, 0.15) is 5.69 Å². The number of hydrogen-bond acceptors (Lipinski definition) is 6. The van der Waals surface area contributed by atoms with Crippen molar-refractivity contribution in [3.63, 3.8) is 0 Å². The third-order valence-corrected chi connectivity index (χ3v) is 2.51. The van der Waals surface area contributed by atoms with Crippen molar-refractivity contribution in [1.29, 1.82) is 0 Å². The lowest BCUT2D eigenvalue weighted by Gasteiger charge is -2.14. The van der Waals surface area contributed by atoms with Crippen LogP contribution in [-0.4, -0.2) is 37.4 Å². The molecule has 1 aromatic rings. The van der Waals surface area contributed by atoms with Gasteiger partial charge in [0, 0.05) is 13.2 Å². The molecule has 1 aromatic heterocycles. The van der Waals surface area contributed by atoms with Crippen molar-refractivity contribution < 1.29 is 14.2 Å². The highest BCUT2D eigenvalue weighted by molar-refractivity contribution is 5.25. The van der Waals surface area contributed by atoms with Gasteiger partial charge in [0.05, 0.1) is 26.5 Å². The first kappa shape index (κ1) is 14.7. The molecule has 0 amide bonds. The number of aromatic nitrogens is 2. The molecule has 102 valence electrons. The lowest BCUT2D eigenvalue weighted by atomic mass is 10.1. The van der Waals surface area contributed by atoms with E-state index in [-0.39, 0.29) is 6.04 Å². The van der Waals surface area contributed by atoms with E-state index in [9.17, 15) is 0 Å². The van der Waals surface area contributed by atoms with Gasteiger partial charge in [-0.05, 0) is 19.8 Å². The highest BCUT2D eigenvalue weighted by Gasteiger charge is 2.15. The van der Waals surface area contributed by atoms with Crippen molar-refractivity contribution in [2.75, 3.05) is 27.4 Å². The van der Waals surface area contributed by atoms with Crippen LogP contribution in [0.1, 0.15) is 31.5 Å². The summed E-state index contributed by atoms with van der Waals surface area (Å²) in [5.74, 6) is 0.829. The lowest BCUT2D eigenvalue weighted by molar-refractivity contribution is 0.141. The van der Waals surface area contributed by atoms with E-state index in [2.05, 4.69) is 9.97 Å². The number of methoxy groups -OCH3 is 2. The van der Waals surface area contributed by atoms with Gasteiger partial charge in [0.25, 0.3) is 0 Å². The molecule has 0 aliphatic rings. The first-order valence-corrected chi connectivity index (χ1v) is 6.01. The van der Waals surface area contributed by atoms with E-state index >= 15 is 0 Å². The van der Waals surface area contributed by atoms with Gasteiger partial charge in [-0.2, -0.15) is 4.98 Å². The minimum absolute atomic E-state index is 0.209. The molecule has 18 heavy (non-hydrogen) atoms. The van der Waals surface area contributed by atoms with E-state index in [0.717, 1.165) is 19.4 Å². The standard InChI is InChI=1S/C12H21N3O3/c1-4-18-7-5-6-9(13)11-12(17-3)15-10(16-2)8-14-11/h8-9H,4-7,13H2,1-3H3. The summed E-state index contributed by atoms with van der Waals surface area (Å²) < 4.78 is 15.4. The van der Waals surface area contributed by atoms with Crippen LogP contribution in [0.2, 0.25) is 0 Å². The Balaban J connectivity index is 2.63. The Labute approximate surface area is 107 Å². The van der Waals surface area contributed by atoms with Crippen molar-refractivity contribution in [3.05, 3.63) is 11.9 Å². The van der Waals surface area contributed by atoms with Crippen LogP contribution in [-0.2, 0) is 4.74 Å². The van der Waals surface area contributed by atoms with E-state index in [1.807, 2.05) is 6.92 Å². The van der Waals surface area contributed by atoms with Crippen molar-refractivity contribution in [2.45, 2.75) is 25.8 Å². The fourth-order valence-corrected chi connectivity index (χ4v) is 1.56. The van der Waals surface area contributed by atoms with E-state index in [0.29, 0.717) is 24.1 Å². The average molecular weight is 255 g/mol. The van der Waals surface area contributed by atoms with Gasteiger partial charge >= 0.3 is 0 Å². The van der Waals surface area contributed by atoms with Gasteiger partial charge in [-0.3, -0.25) is 0 Å². The monoisotopic (exact) mass is 255 g/mol. The summed E-state index contributed by atoms with van der Waals surface area (Å²) in [4.78, 5) is 8.40. The molecule has 1 atom stereocenters. The molecule has 0 aromatic carbocycles. The summed E-state index contributed by atoms with van der Waals surface area (Å²) in [6.07, 6.45) is 3.20. The smallest absolute Gasteiger partial charge is 0.240 e. The number of nitrogens with zero attached hydrogens (tertiary/aromatic N) is 2. The Morgan fingerprint density at radius 1 is 1.33 bits per heavy atom. The van der Waals surface area contributed by atoms with Crippen molar-refractivity contribution in [3.8, 4) is 11.8 Å². The summed E-state index contributed by atoms with van der Waals surface area (Å²) in [7, 11) is 3.07. The Morgan fingerprint density at radius 2 is 2.11 bits per heavy atom. The Morgan fingerprint density at radius 3 is 2.72 bits per heavy atom. The molecule has 0 bridgehead atoms. The maximum atomic E-state index is 6.07. The lowest BCUT2D eigenvalue weighted by Crippen LogP contribution is -2.15. The van der Waals surface area contributed by atoms with Crippen molar-refractivity contribution >= 4 is 0 Å². The number of rotatable bonds is 8. The van der Waals surface area contributed by atoms with Crippen LogP contribution in [0.4, 0.5) is 0 Å². The van der Waals surface area contributed by atoms with Crippen LogP contribution >= 0.6 is 0 Å². The van der Waals surface area contributed by atoms with Gasteiger partial charge in [-0.15, -0.1) is 0 Å². The maximum absolute atomic E-state index is 6.07. The molecule has 2 N–H and O–H groups in total. The van der Waals surface area contributed by atoms with Crippen LogP contribution in [0.15, 0.2) is 6.20 Å². The molecule has 1 unspecified atom stereocenters. The van der Waals surface area contributed by atoms with Crippen LogP contribution in [0, 0.1) is 0 Å². The quantitative estimate of drug-likeness (QED) is 0.705. The van der Waals surface area contributed by atoms with E-state index in [1.54, 1.807) is 13.3 Å². The van der Waals surface area contributed by atoms with Crippen LogP contribution in [0.3, 0.4) is 0 Å². The molecule has 6 heteroatoms. The largest absolute Gasteiger partial charge is 0.480 e. The normalized spacial score (nSPS) is 12.2. The zero-order valence-electron chi connectivity index (χ0n) is 11.2. The fraction of sp³-hybridized carbons (Fsp3) is 0.667. The minimum Gasteiger partial charge on any atom is -0.480 e. The predicted octanol–water partition coefficient (Wildman–Crippen LogP) is 1.31. The first-order chi connectivity index (χ1) is 8.72. The molecule has 0 spiro atoms. The minimum atomic E-state index is -0.209. The maximum Gasteiger partial charge on any atom is 0.240 e. The Hall–Kier alpha value is -1.40. The average Bonchev–Trinajstić information content (AvgIpc) is 2.42. The van der Waals surface area contributed by atoms with Crippen LogP contribution in [0.5, 0.6) is 11.8 Å². The summed E-state index contributed by atoms with van der Waals surface area (Å²) in [5.41, 5.74) is 6.71. The molecule has 0 fully saturated rings. The molecule has 6 nitrogen and oxygen atoms in total. The van der Waals surface area contributed by atoms with E-state index < -0.39 is 0 Å². The topological polar surface area (TPSA) is 79.5 Å². The fourth-order valence-electron chi connectivity index (χ4n) is 1.56. The predicted molar refractivity (Wildman–Crippen MR) is 67.8 cm³/mol. The highest BCUT2D eigenvalue weighted by Crippen LogP contribution is 2.24. The first-order valence-electron chi connectivity index (χ1n) is 6.01. The summed E-state index contributed by atoms with van der Waals surface area (Å²) in [5, 5.41) is 0. The zero-order valence-corrected chi connectivity index (χ0v) is 11.2. The second-order valence-corrected chi connectivity index (χ2v) is 3.75. The molecule has 0 radical (unpaired) electrons. The van der Waals surface area contributed by atoms with Crippen LogP contribution in [0.25, 0.3) is 0 Å².